The summed E-state index contributed by atoms with van der Waals surface area (Å²) in [5.41, 5.74) is 4.64. The Balaban J connectivity index is 1.75. The van der Waals surface area contributed by atoms with Crippen molar-refractivity contribution >= 4 is 16.9 Å². The Kier molecular flexibility index (Phi) is 4.74. The summed E-state index contributed by atoms with van der Waals surface area (Å²) in [7, 11) is 3.19. The van der Waals surface area contributed by atoms with Crippen LogP contribution in [0.4, 0.5) is 0 Å². The Bertz CT molecular complexity index is 1180. The molecule has 29 heavy (non-hydrogen) atoms. The molecule has 0 aliphatic rings. The van der Waals surface area contributed by atoms with Gasteiger partial charge in [-0.05, 0) is 29.8 Å². The van der Waals surface area contributed by atoms with Gasteiger partial charge in [-0.3, -0.25) is 9.78 Å². The molecule has 7 nitrogen and oxygen atoms in total. The summed E-state index contributed by atoms with van der Waals surface area (Å²) in [6.07, 6.45) is 5.49. The minimum Gasteiger partial charge on any atom is -0.508 e. The topological polar surface area (TPSA) is 102 Å². The number of phenols is 1. The highest BCUT2D eigenvalue weighted by atomic mass is 16.3. The van der Waals surface area contributed by atoms with Crippen LogP contribution in [0.15, 0.2) is 61.2 Å². The number of hydrogen-bond acceptors (Lipinski definition) is 5. The molecule has 0 spiro atoms. The monoisotopic (exact) mass is 388 g/mol. The van der Waals surface area contributed by atoms with E-state index in [1.165, 1.54) is 11.1 Å². The van der Waals surface area contributed by atoms with Crippen molar-refractivity contribution in [3.8, 4) is 28.0 Å². The second-order valence-corrected chi connectivity index (χ2v) is 7.01. The predicted molar refractivity (Wildman–Crippen MR) is 110 cm³/mol. The van der Waals surface area contributed by atoms with E-state index in [4.69, 9.17) is 0 Å². The Morgan fingerprint density at radius 3 is 2.48 bits per heavy atom. The number of aromatic amines is 1. The number of aliphatic hydroxyl groups excluding tert-OH is 1. The number of aliphatic hydroxyl groups is 1. The van der Waals surface area contributed by atoms with E-state index in [0.717, 1.165) is 33.3 Å². The lowest BCUT2D eigenvalue weighted by Gasteiger charge is -2.16. The van der Waals surface area contributed by atoms with Crippen molar-refractivity contribution in [2.75, 3.05) is 14.1 Å². The number of benzene rings is 1. The third kappa shape index (κ3) is 3.55. The summed E-state index contributed by atoms with van der Waals surface area (Å²) in [5.74, 6) is -0.195. The Morgan fingerprint density at radius 1 is 1.03 bits per heavy atom. The predicted octanol–water partition coefficient (Wildman–Crippen LogP) is 3.12. The number of aromatic hydroxyl groups is 1. The van der Waals surface area contributed by atoms with E-state index in [2.05, 4.69) is 15.0 Å². The fourth-order valence-corrected chi connectivity index (χ4v) is 3.19. The maximum absolute atomic E-state index is 12.1. The summed E-state index contributed by atoms with van der Waals surface area (Å²) in [6, 6.07) is 10.7. The molecule has 3 N–H and O–H groups in total. The van der Waals surface area contributed by atoms with Crippen LogP contribution in [0.1, 0.15) is 11.7 Å². The molecule has 0 saturated carbocycles. The minimum absolute atomic E-state index is 0.209. The van der Waals surface area contributed by atoms with Gasteiger partial charge in [0.15, 0.2) is 6.10 Å². The Labute approximate surface area is 167 Å². The highest BCUT2D eigenvalue weighted by Gasteiger charge is 2.20. The summed E-state index contributed by atoms with van der Waals surface area (Å²) >= 11 is 0. The first-order valence-corrected chi connectivity index (χ1v) is 9.05. The van der Waals surface area contributed by atoms with Gasteiger partial charge in [-0.1, -0.05) is 12.1 Å². The third-order valence-corrected chi connectivity index (χ3v) is 4.79. The molecule has 1 aromatic carbocycles. The fourth-order valence-electron chi connectivity index (χ4n) is 3.19. The molecule has 146 valence electrons. The van der Waals surface area contributed by atoms with Gasteiger partial charge in [0, 0.05) is 66.5 Å². The Hall–Kier alpha value is -3.71. The van der Waals surface area contributed by atoms with Gasteiger partial charge in [0.2, 0.25) is 0 Å². The van der Waals surface area contributed by atoms with E-state index >= 15 is 0 Å². The van der Waals surface area contributed by atoms with Crippen LogP contribution in [0, 0.1) is 0 Å². The van der Waals surface area contributed by atoms with Crippen LogP contribution in [0.3, 0.4) is 0 Å². The van der Waals surface area contributed by atoms with E-state index in [1.54, 1.807) is 44.7 Å². The number of hydrogen-bond donors (Lipinski definition) is 3. The van der Waals surface area contributed by atoms with Crippen LogP contribution in [0.5, 0.6) is 5.75 Å². The van der Waals surface area contributed by atoms with Crippen LogP contribution in [-0.2, 0) is 4.79 Å². The van der Waals surface area contributed by atoms with Crippen LogP contribution in [-0.4, -0.2) is 50.1 Å². The number of nitrogens with zero attached hydrogens (tertiary/aromatic N) is 3. The van der Waals surface area contributed by atoms with E-state index in [-0.39, 0.29) is 5.75 Å². The van der Waals surface area contributed by atoms with E-state index in [9.17, 15) is 15.0 Å². The molecule has 1 amide bonds. The zero-order valence-electron chi connectivity index (χ0n) is 16.0. The second-order valence-electron chi connectivity index (χ2n) is 7.01. The molecule has 3 aromatic heterocycles. The molecule has 0 bridgehead atoms. The maximum Gasteiger partial charge on any atom is 0.255 e. The molecule has 4 rings (SSSR count). The number of rotatable bonds is 4. The second kappa shape index (κ2) is 7.37. The number of aromatic nitrogens is 3. The van der Waals surface area contributed by atoms with Crippen LogP contribution >= 0.6 is 0 Å². The van der Waals surface area contributed by atoms with Crippen LogP contribution in [0.25, 0.3) is 33.3 Å². The highest BCUT2D eigenvalue weighted by Crippen LogP contribution is 2.32. The molecule has 0 saturated heterocycles. The Morgan fingerprint density at radius 2 is 1.76 bits per heavy atom. The number of phenolic OH excluding ortho intramolecular Hbond substituents is 1. The SMILES string of the molecule is CN(C)C(=O)C(O)c1cncc(-c2cnc3[nH]cc(-c4ccc(O)cc4)c3c2)c1. The first-order chi connectivity index (χ1) is 13.9. The van der Waals surface area contributed by atoms with E-state index in [0.29, 0.717) is 5.56 Å². The largest absolute Gasteiger partial charge is 0.508 e. The van der Waals surface area contributed by atoms with Gasteiger partial charge >= 0.3 is 0 Å². The fraction of sp³-hybridized carbons (Fsp3) is 0.136. The highest BCUT2D eigenvalue weighted by molar-refractivity contribution is 5.95. The maximum atomic E-state index is 12.1. The standard InChI is InChI=1S/C22H20N4O3/c1-26(2)22(29)20(28)16-7-14(9-23-10-16)15-8-18-19(12-25-21(18)24-11-15)13-3-5-17(27)6-4-13/h3-12,20,27-28H,1-2H3,(H,24,25). The number of H-pyrrole nitrogens is 1. The van der Waals surface area contributed by atoms with Gasteiger partial charge in [0.1, 0.15) is 11.4 Å². The number of nitrogens with one attached hydrogen (secondary N) is 1. The molecule has 1 unspecified atom stereocenters. The summed E-state index contributed by atoms with van der Waals surface area (Å²) in [6.45, 7) is 0. The first-order valence-electron chi connectivity index (χ1n) is 9.05. The molecule has 0 fully saturated rings. The quantitative estimate of drug-likeness (QED) is 0.498. The van der Waals surface area contributed by atoms with Gasteiger partial charge in [-0.15, -0.1) is 0 Å². The lowest BCUT2D eigenvalue weighted by atomic mass is 10.0. The van der Waals surface area contributed by atoms with Gasteiger partial charge in [0.25, 0.3) is 5.91 Å². The summed E-state index contributed by atoms with van der Waals surface area (Å²) in [5, 5.41) is 20.8. The van der Waals surface area contributed by atoms with Crippen molar-refractivity contribution in [1.82, 2.24) is 19.9 Å². The summed E-state index contributed by atoms with van der Waals surface area (Å²) < 4.78 is 0. The number of carbonyl (C=O) groups excluding carboxylic acids is 1. The van der Waals surface area contributed by atoms with Gasteiger partial charge < -0.3 is 20.1 Å². The molecular formula is C22H20N4O3. The van der Waals surface area contributed by atoms with Crippen molar-refractivity contribution in [3.63, 3.8) is 0 Å². The molecule has 0 aliphatic heterocycles. The average Bonchev–Trinajstić information content (AvgIpc) is 3.16. The van der Waals surface area contributed by atoms with Crippen molar-refractivity contribution in [2.45, 2.75) is 6.10 Å². The van der Waals surface area contributed by atoms with Crippen LogP contribution < -0.4 is 0 Å². The zero-order valence-corrected chi connectivity index (χ0v) is 16.0. The summed E-state index contributed by atoms with van der Waals surface area (Å²) in [4.78, 5) is 25.2. The third-order valence-electron chi connectivity index (χ3n) is 4.79. The van der Waals surface area contributed by atoms with Gasteiger partial charge in [-0.2, -0.15) is 0 Å². The molecule has 0 radical (unpaired) electrons. The smallest absolute Gasteiger partial charge is 0.255 e. The van der Waals surface area contributed by atoms with E-state index in [1.807, 2.05) is 24.4 Å². The number of fused-ring (bicyclic) bond motifs is 1. The van der Waals surface area contributed by atoms with Gasteiger partial charge in [-0.25, -0.2) is 4.98 Å². The molecule has 0 aliphatic carbocycles. The van der Waals surface area contributed by atoms with Crippen molar-refractivity contribution < 1.29 is 15.0 Å². The number of amides is 1. The van der Waals surface area contributed by atoms with Crippen molar-refractivity contribution in [2.24, 2.45) is 0 Å². The number of carbonyl (C=O) groups is 1. The van der Waals surface area contributed by atoms with Crippen molar-refractivity contribution in [3.05, 3.63) is 66.7 Å². The van der Waals surface area contributed by atoms with Crippen LogP contribution in [0.2, 0.25) is 0 Å². The minimum atomic E-state index is -1.27. The number of pyridine rings is 2. The van der Waals surface area contributed by atoms with Crippen molar-refractivity contribution in [1.29, 1.82) is 0 Å². The molecule has 7 heteroatoms. The number of likely N-dealkylation sites (N-methyl/N-ethyl adjacent to an activating group) is 1. The molecular weight excluding hydrogens is 368 g/mol. The van der Waals surface area contributed by atoms with E-state index < -0.39 is 12.0 Å². The van der Waals surface area contributed by atoms with Gasteiger partial charge in [0.05, 0.1) is 0 Å². The lowest BCUT2D eigenvalue weighted by Crippen LogP contribution is -2.28. The molecule has 4 aromatic rings. The first kappa shape index (κ1) is 18.6. The molecule has 3 heterocycles. The lowest BCUT2D eigenvalue weighted by molar-refractivity contribution is -0.137. The molecule has 1 atom stereocenters. The zero-order chi connectivity index (χ0) is 20.5. The average molecular weight is 388 g/mol. The normalized spacial score (nSPS) is 12.1.